The van der Waals surface area contributed by atoms with Gasteiger partial charge in [-0.3, -0.25) is 19.3 Å². The SMILES string of the molecule is C.C.CB(O)N[C@@H](CCCCc1ccccc1OCc1cccc(C)c1)C(=O)OC(C)(C)C.Cc1cccc(COc2ccccc2CN(CC[C@H](N)C(=O)O)Cc2ccccc2Oc2ccc(Cl)cc2)c1.O=Cc1ccccc1Oc1ccc(Cl)cc1. The topological polar surface area (TPSA) is 179 Å². The Morgan fingerprint density at radius 1 is 0.614 bits per heavy atom. The summed E-state index contributed by atoms with van der Waals surface area (Å²) in [6, 6.07) is 60.2. The van der Waals surface area contributed by atoms with Crippen LogP contribution in [0.1, 0.15) is 111 Å². The van der Waals surface area contributed by atoms with E-state index in [4.69, 9.17) is 52.6 Å². The number of halogens is 2. The van der Waals surface area contributed by atoms with Crippen LogP contribution in [0.25, 0.3) is 0 Å². The highest BCUT2D eigenvalue weighted by Crippen LogP contribution is 2.30. The Labute approximate surface area is 531 Å². The van der Waals surface area contributed by atoms with Crippen molar-refractivity contribution in [2.24, 2.45) is 5.73 Å². The highest BCUT2D eigenvalue weighted by Gasteiger charge is 2.27. The van der Waals surface area contributed by atoms with Gasteiger partial charge in [-0.1, -0.05) is 171 Å². The number of carboxylic acid groups (broad SMARTS) is 1. The van der Waals surface area contributed by atoms with Gasteiger partial charge in [0.1, 0.15) is 59.4 Å². The van der Waals surface area contributed by atoms with Crippen molar-refractivity contribution in [3.8, 4) is 34.5 Å². The van der Waals surface area contributed by atoms with E-state index in [0.29, 0.717) is 78.5 Å². The number of aldehydes is 1. The lowest BCUT2D eigenvalue weighted by molar-refractivity contribution is -0.157. The Morgan fingerprint density at radius 2 is 1.07 bits per heavy atom. The average molecular weight is 1240 g/mol. The van der Waals surface area contributed by atoms with E-state index in [1.165, 1.54) is 11.1 Å². The second kappa shape index (κ2) is 37.7. The summed E-state index contributed by atoms with van der Waals surface area (Å²) in [7, 11) is -0.770. The van der Waals surface area contributed by atoms with Gasteiger partial charge in [-0.15, -0.1) is 0 Å². The maximum atomic E-state index is 12.4. The van der Waals surface area contributed by atoms with Crippen LogP contribution in [0.2, 0.25) is 16.9 Å². The van der Waals surface area contributed by atoms with Crippen LogP contribution in [-0.4, -0.2) is 64.5 Å². The number of nitrogens with zero attached hydrogens (tertiary/aromatic N) is 1. The van der Waals surface area contributed by atoms with Crippen molar-refractivity contribution in [1.82, 2.24) is 10.1 Å². The number of carbonyl (C=O) groups is 3. The normalized spacial score (nSPS) is 11.4. The molecule has 0 heterocycles. The van der Waals surface area contributed by atoms with Crippen molar-refractivity contribution < 1.29 is 48.2 Å². The summed E-state index contributed by atoms with van der Waals surface area (Å²) in [6.45, 7) is 13.8. The Kier molecular flexibility index (Phi) is 31.1. The zero-order valence-corrected chi connectivity index (χ0v) is 51.3. The molecule has 466 valence electrons. The molecule has 0 saturated heterocycles. The van der Waals surface area contributed by atoms with Gasteiger partial charge in [-0.05, 0) is 163 Å². The third-order valence-corrected chi connectivity index (χ3v) is 13.7. The first-order valence-corrected chi connectivity index (χ1v) is 29.5. The van der Waals surface area contributed by atoms with E-state index in [1.807, 2.05) is 124 Å². The van der Waals surface area contributed by atoms with Crippen LogP contribution in [0.5, 0.6) is 34.5 Å². The fourth-order valence-corrected chi connectivity index (χ4v) is 9.21. The number of benzene rings is 8. The second-order valence-corrected chi connectivity index (χ2v) is 22.6. The van der Waals surface area contributed by atoms with Crippen LogP contribution < -0.4 is 29.9 Å². The first-order valence-electron chi connectivity index (χ1n) is 28.7. The number of esters is 1. The lowest BCUT2D eigenvalue weighted by atomic mass is 9.86. The molecule has 0 saturated carbocycles. The molecule has 88 heavy (non-hydrogen) atoms. The average Bonchev–Trinajstić information content (AvgIpc) is 3.62. The molecule has 0 unspecified atom stereocenters. The summed E-state index contributed by atoms with van der Waals surface area (Å²) < 4.78 is 29.5. The van der Waals surface area contributed by atoms with E-state index in [-0.39, 0.29) is 20.8 Å². The minimum Gasteiger partial charge on any atom is -0.489 e. The Morgan fingerprint density at radius 3 is 1.56 bits per heavy atom. The zero-order valence-electron chi connectivity index (χ0n) is 49.8. The molecule has 8 aromatic carbocycles. The van der Waals surface area contributed by atoms with Crippen LogP contribution in [0.4, 0.5) is 0 Å². The van der Waals surface area contributed by atoms with Crippen molar-refractivity contribution in [2.75, 3.05) is 6.54 Å². The number of nitrogens with one attached hydrogen (secondary N) is 1. The molecular formula is C72H86BCl2N3O10. The molecule has 2 atom stereocenters. The molecule has 8 rings (SSSR count). The number of hydrogen-bond acceptors (Lipinski definition) is 12. The molecule has 0 aliphatic rings. The zero-order chi connectivity index (χ0) is 61.8. The number of nitrogens with two attached hydrogens (primary N) is 1. The molecule has 13 nitrogen and oxygen atoms in total. The lowest BCUT2D eigenvalue weighted by Gasteiger charge is -2.25. The van der Waals surface area contributed by atoms with Crippen LogP contribution in [0, 0.1) is 13.8 Å². The predicted molar refractivity (Wildman–Crippen MR) is 357 cm³/mol. The number of aryl methyl sites for hydroxylation is 3. The van der Waals surface area contributed by atoms with E-state index in [1.54, 1.807) is 61.4 Å². The molecule has 0 radical (unpaired) electrons. The minimum absolute atomic E-state index is 0. The highest BCUT2D eigenvalue weighted by molar-refractivity contribution is 6.46. The van der Waals surface area contributed by atoms with Crippen LogP contribution >= 0.6 is 23.2 Å². The third kappa shape index (κ3) is 26.2. The summed E-state index contributed by atoms with van der Waals surface area (Å²) in [6.07, 6.45) is 4.28. The smallest absolute Gasteiger partial charge is 0.374 e. The summed E-state index contributed by atoms with van der Waals surface area (Å²) in [5.74, 6) is 2.95. The Bertz CT molecular complexity index is 3380. The fourth-order valence-electron chi connectivity index (χ4n) is 8.95. The first kappa shape index (κ1) is 72.5. The third-order valence-electron chi connectivity index (χ3n) is 13.2. The van der Waals surface area contributed by atoms with Crippen molar-refractivity contribution >= 4 is 48.5 Å². The minimum atomic E-state index is -1.01. The largest absolute Gasteiger partial charge is 0.489 e. The fraction of sp³-hybridized carbons (Fsp3) is 0.292. The summed E-state index contributed by atoms with van der Waals surface area (Å²) in [4.78, 5) is 36.8. The number of unbranched alkanes of at least 4 members (excludes halogenated alkanes) is 1. The first-order chi connectivity index (χ1) is 41.3. The molecule has 0 aliphatic heterocycles. The van der Waals surface area contributed by atoms with Gasteiger partial charge in [0, 0.05) is 40.8 Å². The molecule has 0 amide bonds. The molecule has 0 fully saturated rings. The molecule has 0 aliphatic carbocycles. The van der Waals surface area contributed by atoms with Crippen LogP contribution in [0.15, 0.2) is 194 Å². The van der Waals surface area contributed by atoms with Crippen molar-refractivity contribution in [2.45, 2.75) is 132 Å². The monoisotopic (exact) mass is 1230 g/mol. The van der Waals surface area contributed by atoms with E-state index < -0.39 is 30.7 Å². The van der Waals surface area contributed by atoms with Gasteiger partial charge < -0.3 is 44.8 Å². The molecular weight excluding hydrogens is 1150 g/mol. The molecule has 0 bridgehead atoms. The van der Waals surface area contributed by atoms with E-state index in [2.05, 4.69) is 60.4 Å². The summed E-state index contributed by atoms with van der Waals surface area (Å²) in [5, 5.41) is 23.2. The van der Waals surface area contributed by atoms with Crippen LogP contribution in [-0.2, 0) is 47.1 Å². The Balaban J connectivity index is 0.000000301. The second-order valence-electron chi connectivity index (χ2n) is 21.8. The number of para-hydroxylation sites is 4. The Hall–Kier alpha value is -7.95. The quantitative estimate of drug-likeness (QED) is 0.0166. The van der Waals surface area contributed by atoms with E-state index in [9.17, 15) is 24.5 Å². The number of rotatable bonds is 27. The molecule has 5 N–H and O–H groups in total. The molecule has 0 spiro atoms. The van der Waals surface area contributed by atoms with Gasteiger partial charge in [0.2, 0.25) is 0 Å². The number of ether oxygens (including phenoxy) is 5. The van der Waals surface area contributed by atoms with Gasteiger partial charge in [0.25, 0.3) is 0 Å². The maximum Gasteiger partial charge on any atom is 0.374 e. The predicted octanol–water partition coefficient (Wildman–Crippen LogP) is 16.7. The number of hydrogen-bond donors (Lipinski definition) is 4. The standard InChI is InChI=1S/C32H33ClN2O4.C25H36BNO4.C13H9ClO2.2CH4/c1-23-7-6-8-24(19-23)22-38-30-11-4-2-9-25(30)20-35(18-17-29(34)32(36)37)21-26-10-3-5-12-31(26)39-28-15-13-27(33)14-16-28;1-19-11-10-12-20(17-19)18-30-23-16-9-7-14-21(23)13-6-8-15-22(27-26(5)29)24(28)31-25(2,3)4;14-11-5-7-12(8-6-11)16-13-4-2-1-3-10(13)9-15;;/h2-16,19,29H,17-18,20-22,34H2,1H3,(H,36,37);7,9-12,14,16-17,22,27,29H,6,8,13,15,18H2,1-5H3;1-9H;2*1H4/t29-;22-;;;/m00.../s1. The van der Waals surface area contributed by atoms with Gasteiger partial charge >= 0.3 is 19.0 Å². The lowest BCUT2D eigenvalue weighted by Crippen LogP contribution is -2.47. The van der Waals surface area contributed by atoms with Crippen molar-refractivity contribution in [1.29, 1.82) is 0 Å². The van der Waals surface area contributed by atoms with Gasteiger partial charge in [0.05, 0.1) is 11.6 Å². The highest BCUT2D eigenvalue weighted by atomic mass is 35.5. The van der Waals surface area contributed by atoms with E-state index >= 15 is 0 Å². The van der Waals surface area contributed by atoms with Crippen molar-refractivity contribution in [3.63, 3.8) is 0 Å². The van der Waals surface area contributed by atoms with Crippen LogP contribution in [0.3, 0.4) is 0 Å². The van der Waals surface area contributed by atoms with Crippen molar-refractivity contribution in [3.05, 3.63) is 249 Å². The van der Waals surface area contributed by atoms with Gasteiger partial charge in [-0.2, -0.15) is 0 Å². The summed E-state index contributed by atoms with van der Waals surface area (Å²) in [5.41, 5.74) is 13.6. The maximum absolute atomic E-state index is 12.4. The number of carboxylic acids is 1. The van der Waals surface area contributed by atoms with Gasteiger partial charge in [-0.25, -0.2) is 0 Å². The van der Waals surface area contributed by atoms with E-state index in [0.717, 1.165) is 70.6 Å². The molecule has 8 aromatic rings. The number of carbonyl (C=O) groups excluding carboxylic acids is 2. The van der Waals surface area contributed by atoms with Gasteiger partial charge in [0.15, 0.2) is 6.29 Å². The number of aliphatic carboxylic acids is 1. The molecule has 0 aromatic heterocycles. The summed E-state index contributed by atoms with van der Waals surface area (Å²) >= 11 is 11.8. The molecule has 16 heteroatoms.